The lowest BCUT2D eigenvalue weighted by molar-refractivity contribution is -0.143. The molecule has 1 saturated heterocycles. The Kier molecular flexibility index (Phi) is 7.28. The number of likely N-dealkylation sites (tertiary alicyclic amines) is 1. The predicted molar refractivity (Wildman–Crippen MR) is 118 cm³/mol. The first-order chi connectivity index (χ1) is 16.9. The van der Waals surface area contributed by atoms with Gasteiger partial charge in [-0.1, -0.05) is 30.3 Å². The third-order valence-corrected chi connectivity index (χ3v) is 6.28. The fourth-order valence-electron chi connectivity index (χ4n) is 4.60. The number of nitrogens with zero attached hydrogens (tertiary/aromatic N) is 2. The lowest BCUT2D eigenvalue weighted by Crippen LogP contribution is -2.44. The summed E-state index contributed by atoms with van der Waals surface area (Å²) in [6, 6.07) is 10.0. The Morgan fingerprint density at radius 3 is 2.25 bits per heavy atom. The van der Waals surface area contributed by atoms with Gasteiger partial charge in [0.1, 0.15) is 5.82 Å². The number of H-pyrrole nitrogens is 2. The van der Waals surface area contributed by atoms with E-state index in [2.05, 4.69) is 20.1 Å². The molecule has 194 valence electrons. The zero-order chi connectivity index (χ0) is 26.1. The van der Waals surface area contributed by atoms with Gasteiger partial charge in [-0.3, -0.25) is 9.88 Å². The molecule has 1 aliphatic heterocycles. The highest BCUT2D eigenvalue weighted by Crippen LogP contribution is 2.40. The Morgan fingerprint density at radius 2 is 1.69 bits per heavy atom. The van der Waals surface area contributed by atoms with E-state index in [-0.39, 0.29) is 23.7 Å². The highest BCUT2D eigenvalue weighted by molar-refractivity contribution is 5.33. The molecule has 1 fully saturated rings. The Hall–Kier alpha value is -3.12. The van der Waals surface area contributed by atoms with Crippen LogP contribution in [-0.4, -0.2) is 32.7 Å². The van der Waals surface area contributed by atoms with E-state index in [1.54, 1.807) is 0 Å². The van der Waals surface area contributed by atoms with Gasteiger partial charge in [-0.15, -0.1) is 0 Å². The molecule has 3 aromatic rings. The van der Waals surface area contributed by atoms with Crippen LogP contribution in [0.5, 0.6) is 0 Å². The van der Waals surface area contributed by atoms with E-state index in [1.807, 2.05) is 37.3 Å². The Morgan fingerprint density at radius 1 is 1.06 bits per heavy atom. The largest absolute Gasteiger partial charge is 0.416 e. The van der Waals surface area contributed by atoms with Crippen LogP contribution >= 0.6 is 0 Å². The SMILES string of the molecule is C[C@@H](c1n[nH]c(=O)[nH]1)N1CCC[C@H](OCc2cc(C(F)(F)F)cc(C(F)(F)F)c2)[C@@H]1c1ccccc1. The van der Waals surface area contributed by atoms with E-state index in [4.69, 9.17) is 4.74 Å². The van der Waals surface area contributed by atoms with Gasteiger partial charge in [-0.05, 0) is 55.6 Å². The van der Waals surface area contributed by atoms with Crippen molar-refractivity contribution in [3.05, 3.63) is 87.1 Å². The van der Waals surface area contributed by atoms with Crippen molar-refractivity contribution in [1.82, 2.24) is 20.1 Å². The van der Waals surface area contributed by atoms with Crippen molar-refractivity contribution < 1.29 is 31.1 Å². The van der Waals surface area contributed by atoms with Gasteiger partial charge in [0.05, 0.1) is 35.9 Å². The van der Waals surface area contributed by atoms with Crippen molar-refractivity contribution in [3.8, 4) is 0 Å². The van der Waals surface area contributed by atoms with Crippen LogP contribution in [0.3, 0.4) is 0 Å². The Balaban J connectivity index is 1.63. The van der Waals surface area contributed by atoms with Crippen LogP contribution in [0.4, 0.5) is 26.3 Å². The Bertz CT molecular complexity index is 1190. The van der Waals surface area contributed by atoms with Crippen molar-refractivity contribution in [3.63, 3.8) is 0 Å². The molecule has 1 aliphatic rings. The molecule has 2 N–H and O–H groups in total. The van der Waals surface area contributed by atoms with Crippen LogP contribution in [0.15, 0.2) is 53.3 Å². The van der Waals surface area contributed by atoms with Crippen molar-refractivity contribution in [1.29, 1.82) is 0 Å². The molecule has 0 saturated carbocycles. The molecule has 0 spiro atoms. The number of aromatic amines is 2. The van der Waals surface area contributed by atoms with Gasteiger partial charge in [-0.25, -0.2) is 9.89 Å². The number of ether oxygens (including phenoxy) is 1. The monoisotopic (exact) mass is 514 g/mol. The van der Waals surface area contributed by atoms with Crippen LogP contribution < -0.4 is 5.69 Å². The van der Waals surface area contributed by atoms with Gasteiger partial charge in [0.2, 0.25) is 0 Å². The number of benzene rings is 2. The molecule has 2 heterocycles. The van der Waals surface area contributed by atoms with Crippen LogP contribution in [0.1, 0.15) is 59.9 Å². The van der Waals surface area contributed by atoms with Crippen LogP contribution in [0, 0.1) is 0 Å². The highest BCUT2D eigenvalue weighted by atomic mass is 19.4. The first-order valence-electron chi connectivity index (χ1n) is 11.3. The summed E-state index contributed by atoms with van der Waals surface area (Å²) < 4.78 is 85.6. The predicted octanol–water partition coefficient (Wildman–Crippen LogP) is 5.62. The highest BCUT2D eigenvalue weighted by Gasteiger charge is 2.39. The molecular weight excluding hydrogens is 490 g/mol. The van der Waals surface area contributed by atoms with Gasteiger partial charge >= 0.3 is 18.0 Å². The van der Waals surface area contributed by atoms with Gasteiger partial charge in [0.25, 0.3) is 0 Å². The number of hydrogen-bond acceptors (Lipinski definition) is 4. The maximum absolute atomic E-state index is 13.3. The zero-order valence-electron chi connectivity index (χ0n) is 19.2. The summed E-state index contributed by atoms with van der Waals surface area (Å²) in [5.41, 5.74) is -2.56. The molecule has 0 unspecified atom stereocenters. The van der Waals surface area contributed by atoms with E-state index >= 15 is 0 Å². The first kappa shape index (κ1) is 26.0. The number of alkyl halides is 6. The summed E-state index contributed by atoms with van der Waals surface area (Å²) in [6.07, 6.45) is -9.17. The lowest BCUT2D eigenvalue weighted by Gasteiger charge is -2.44. The van der Waals surface area contributed by atoms with Gasteiger partial charge in [-0.2, -0.15) is 31.4 Å². The van der Waals surface area contributed by atoms with Gasteiger partial charge in [0.15, 0.2) is 0 Å². The maximum atomic E-state index is 13.3. The minimum Gasteiger partial charge on any atom is -0.372 e. The van der Waals surface area contributed by atoms with E-state index in [0.717, 1.165) is 5.56 Å². The molecule has 6 nitrogen and oxygen atoms in total. The minimum atomic E-state index is -4.93. The second kappa shape index (κ2) is 10.1. The van der Waals surface area contributed by atoms with Gasteiger partial charge in [0, 0.05) is 0 Å². The average Bonchev–Trinajstić information content (AvgIpc) is 3.27. The quantitative estimate of drug-likeness (QED) is 0.419. The zero-order valence-corrected chi connectivity index (χ0v) is 19.2. The van der Waals surface area contributed by atoms with Crippen LogP contribution in [0.2, 0.25) is 0 Å². The minimum absolute atomic E-state index is 0.102. The molecule has 12 heteroatoms. The summed E-state index contributed by atoms with van der Waals surface area (Å²) in [5, 5.41) is 6.35. The molecule has 3 atom stereocenters. The normalized spacial score (nSPS) is 20.4. The van der Waals surface area contributed by atoms with Crippen LogP contribution in [0.25, 0.3) is 0 Å². The molecule has 2 aromatic carbocycles. The van der Waals surface area contributed by atoms with Crippen molar-refractivity contribution in [2.75, 3.05) is 6.54 Å². The maximum Gasteiger partial charge on any atom is 0.416 e. The number of halogens is 6. The molecule has 4 rings (SSSR count). The van der Waals surface area contributed by atoms with Crippen molar-refractivity contribution >= 4 is 0 Å². The first-order valence-corrected chi connectivity index (χ1v) is 11.3. The number of nitrogens with one attached hydrogen (secondary N) is 2. The fraction of sp³-hybridized carbons (Fsp3) is 0.417. The second-order valence-corrected chi connectivity index (χ2v) is 8.74. The summed E-state index contributed by atoms with van der Waals surface area (Å²) in [7, 11) is 0. The average molecular weight is 514 g/mol. The lowest BCUT2D eigenvalue weighted by atomic mass is 9.90. The number of piperidine rings is 1. The molecule has 0 bridgehead atoms. The second-order valence-electron chi connectivity index (χ2n) is 8.74. The number of hydrogen-bond donors (Lipinski definition) is 2. The standard InChI is InChI=1S/C24H24F6N4O2/c1-14(21-31-22(35)33-32-21)34-9-5-8-19(20(34)16-6-3-2-4-7-16)36-13-15-10-17(23(25,26)27)12-18(11-15)24(28,29)30/h2-4,6-7,10-12,14,19-20H,5,8-9,13H2,1H3,(H2,31,32,33,35)/t14-,19-,20-/m0/s1. The van der Waals surface area contributed by atoms with Crippen molar-refractivity contribution in [2.24, 2.45) is 0 Å². The third-order valence-electron chi connectivity index (χ3n) is 6.28. The van der Waals surface area contributed by atoms with E-state index < -0.39 is 41.9 Å². The van der Waals surface area contributed by atoms with E-state index in [0.29, 0.717) is 37.3 Å². The topological polar surface area (TPSA) is 74.0 Å². The fourth-order valence-corrected chi connectivity index (χ4v) is 4.60. The molecular formula is C24H24F6N4O2. The van der Waals surface area contributed by atoms with E-state index in [1.165, 1.54) is 0 Å². The molecule has 36 heavy (non-hydrogen) atoms. The van der Waals surface area contributed by atoms with E-state index in [9.17, 15) is 31.1 Å². The molecule has 0 radical (unpaired) electrons. The number of aromatic nitrogens is 3. The molecule has 0 amide bonds. The number of rotatable bonds is 6. The summed E-state index contributed by atoms with van der Waals surface area (Å²) in [4.78, 5) is 16.3. The molecule has 1 aromatic heterocycles. The summed E-state index contributed by atoms with van der Waals surface area (Å²) in [6.45, 7) is 2.05. The van der Waals surface area contributed by atoms with Gasteiger partial charge < -0.3 is 4.74 Å². The van der Waals surface area contributed by atoms with Crippen LogP contribution in [-0.2, 0) is 23.7 Å². The smallest absolute Gasteiger partial charge is 0.372 e. The Labute approximate surface area is 202 Å². The summed E-state index contributed by atoms with van der Waals surface area (Å²) in [5.74, 6) is 0.411. The summed E-state index contributed by atoms with van der Waals surface area (Å²) >= 11 is 0. The van der Waals surface area contributed by atoms with Crippen molar-refractivity contribution in [2.45, 2.75) is 56.9 Å². The third kappa shape index (κ3) is 5.81. The molecule has 0 aliphatic carbocycles.